The lowest BCUT2D eigenvalue weighted by molar-refractivity contribution is 0.0939. The van der Waals surface area contributed by atoms with Crippen LogP contribution in [0, 0.1) is 0 Å². The Bertz CT molecular complexity index is 428. The highest BCUT2D eigenvalue weighted by molar-refractivity contribution is 5.98. The highest BCUT2D eigenvalue weighted by atomic mass is 16.2. The molecular formula is C14H16N2O2. The van der Waals surface area contributed by atoms with Crippen molar-refractivity contribution >= 4 is 11.8 Å². The van der Waals surface area contributed by atoms with E-state index in [-0.39, 0.29) is 11.8 Å². The summed E-state index contributed by atoms with van der Waals surface area (Å²) >= 11 is 0. The number of hydrogen-bond donors (Lipinski definition) is 2. The summed E-state index contributed by atoms with van der Waals surface area (Å²) in [6.07, 6.45) is 4.31. The van der Waals surface area contributed by atoms with E-state index in [0.29, 0.717) is 23.2 Å². The molecule has 0 bridgehead atoms. The first-order valence-electron chi connectivity index (χ1n) is 6.44. The maximum absolute atomic E-state index is 11.8. The van der Waals surface area contributed by atoms with Gasteiger partial charge in [-0.15, -0.1) is 0 Å². The summed E-state index contributed by atoms with van der Waals surface area (Å²) in [6, 6.07) is 7.55. The van der Waals surface area contributed by atoms with Crippen LogP contribution in [0.15, 0.2) is 24.3 Å². The van der Waals surface area contributed by atoms with Crippen LogP contribution in [0.1, 0.15) is 46.4 Å². The van der Waals surface area contributed by atoms with Crippen molar-refractivity contribution in [3.8, 4) is 0 Å². The van der Waals surface area contributed by atoms with Crippen LogP contribution >= 0.6 is 0 Å². The fraction of sp³-hybridized carbons (Fsp3) is 0.429. The highest BCUT2D eigenvalue weighted by Crippen LogP contribution is 2.20. The number of amides is 2. The molecule has 3 rings (SSSR count). The minimum atomic E-state index is -0.0494. The largest absolute Gasteiger partial charge is 0.349 e. The van der Waals surface area contributed by atoms with E-state index in [1.165, 1.54) is 0 Å². The molecule has 2 aliphatic rings. The molecule has 2 N–H and O–H groups in total. The zero-order chi connectivity index (χ0) is 12.5. The first kappa shape index (κ1) is 11.3. The Morgan fingerprint density at radius 1 is 0.778 bits per heavy atom. The summed E-state index contributed by atoms with van der Waals surface area (Å²) in [5, 5.41) is 5.84. The van der Waals surface area contributed by atoms with Gasteiger partial charge in [0.25, 0.3) is 11.8 Å². The van der Waals surface area contributed by atoms with E-state index in [9.17, 15) is 9.59 Å². The topological polar surface area (TPSA) is 58.2 Å². The molecule has 0 saturated heterocycles. The van der Waals surface area contributed by atoms with Gasteiger partial charge < -0.3 is 10.6 Å². The number of carbonyl (C=O) groups is 2. The molecule has 4 heteroatoms. The van der Waals surface area contributed by atoms with Crippen molar-refractivity contribution in [3.05, 3.63) is 35.4 Å². The molecular weight excluding hydrogens is 228 g/mol. The third-order valence-electron chi connectivity index (χ3n) is 3.23. The second-order valence-electron chi connectivity index (χ2n) is 5.07. The molecule has 18 heavy (non-hydrogen) atoms. The number of benzene rings is 1. The predicted octanol–water partition coefficient (Wildman–Crippen LogP) is 1.47. The molecule has 2 aliphatic carbocycles. The highest BCUT2D eigenvalue weighted by Gasteiger charge is 2.25. The SMILES string of the molecule is O=C(NC1CC1)c1ccc(C(=O)NC2CC2)cc1. The molecule has 0 atom stereocenters. The van der Waals surface area contributed by atoms with Gasteiger partial charge in [0.15, 0.2) is 0 Å². The molecule has 0 radical (unpaired) electrons. The Hall–Kier alpha value is -1.84. The maximum Gasteiger partial charge on any atom is 0.251 e. The van der Waals surface area contributed by atoms with Crippen LogP contribution in [0.2, 0.25) is 0 Å². The van der Waals surface area contributed by atoms with Crippen LogP contribution in [0.3, 0.4) is 0 Å². The first-order chi connectivity index (χ1) is 8.72. The summed E-state index contributed by atoms with van der Waals surface area (Å²) in [6.45, 7) is 0. The summed E-state index contributed by atoms with van der Waals surface area (Å²) in [7, 11) is 0. The molecule has 2 amide bonds. The molecule has 94 valence electrons. The number of carbonyl (C=O) groups excluding carboxylic acids is 2. The van der Waals surface area contributed by atoms with Gasteiger partial charge in [-0.1, -0.05) is 0 Å². The Labute approximate surface area is 106 Å². The van der Waals surface area contributed by atoms with Gasteiger partial charge in [-0.2, -0.15) is 0 Å². The van der Waals surface area contributed by atoms with Gasteiger partial charge in [0.1, 0.15) is 0 Å². The minimum absolute atomic E-state index is 0.0494. The van der Waals surface area contributed by atoms with Crippen LogP contribution in [0.5, 0.6) is 0 Å². The van der Waals surface area contributed by atoms with Crippen LogP contribution < -0.4 is 10.6 Å². The zero-order valence-corrected chi connectivity index (χ0v) is 10.1. The van der Waals surface area contributed by atoms with E-state index < -0.39 is 0 Å². The monoisotopic (exact) mass is 244 g/mol. The lowest BCUT2D eigenvalue weighted by Crippen LogP contribution is -2.26. The van der Waals surface area contributed by atoms with Crippen LogP contribution in [-0.4, -0.2) is 23.9 Å². The molecule has 0 aliphatic heterocycles. The molecule has 2 saturated carbocycles. The molecule has 4 nitrogen and oxygen atoms in total. The molecule has 1 aromatic carbocycles. The average Bonchev–Trinajstić information content (AvgIpc) is 3.25. The maximum atomic E-state index is 11.8. The zero-order valence-electron chi connectivity index (χ0n) is 10.1. The van der Waals surface area contributed by atoms with Gasteiger partial charge in [-0.3, -0.25) is 9.59 Å². The van der Waals surface area contributed by atoms with E-state index in [0.717, 1.165) is 25.7 Å². The van der Waals surface area contributed by atoms with Gasteiger partial charge >= 0.3 is 0 Å². The predicted molar refractivity (Wildman–Crippen MR) is 67.4 cm³/mol. The van der Waals surface area contributed by atoms with Crippen molar-refractivity contribution in [1.29, 1.82) is 0 Å². The van der Waals surface area contributed by atoms with Crippen LogP contribution in [0.25, 0.3) is 0 Å². The van der Waals surface area contributed by atoms with E-state index in [4.69, 9.17) is 0 Å². The summed E-state index contributed by atoms with van der Waals surface area (Å²) in [4.78, 5) is 23.5. The second-order valence-corrected chi connectivity index (χ2v) is 5.07. The standard InChI is InChI=1S/C14H16N2O2/c17-13(15-11-5-6-11)9-1-2-10(4-3-9)14(18)16-12-7-8-12/h1-4,11-12H,5-8H2,(H,15,17)(H,16,18). The van der Waals surface area contributed by atoms with Crippen molar-refractivity contribution in [2.24, 2.45) is 0 Å². The number of nitrogens with one attached hydrogen (secondary N) is 2. The van der Waals surface area contributed by atoms with Crippen molar-refractivity contribution < 1.29 is 9.59 Å². The summed E-state index contributed by atoms with van der Waals surface area (Å²) in [5.74, 6) is -0.0988. The fourth-order valence-electron chi connectivity index (χ4n) is 1.77. The Morgan fingerprint density at radius 2 is 1.11 bits per heavy atom. The quantitative estimate of drug-likeness (QED) is 0.842. The lowest BCUT2D eigenvalue weighted by Gasteiger charge is -2.05. The van der Waals surface area contributed by atoms with E-state index >= 15 is 0 Å². The van der Waals surface area contributed by atoms with Crippen molar-refractivity contribution in [2.45, 2.75) is 37.8 Å². The van der Waals surface area contributed by atoms with Gasteiger partial charge in [-0.25, -0.2) is 0 Å². The number of rotatable bonds is 4. The fourth-order valence-corrected chi connectivity index (χ4v) is 1.77. The molecule has 0 spiro atoms. The molecule has 0 aromatic heterocycles. The third-order valence-corrected chi connectivity index (χ3v) is 3.23. The van der Waals surface area contributed by atoms with Gasteiger partial charge in [0.2, 0.25) is 0 Å². The average molecular weight is 244 g/mol. The normalized spacial score (nSPS) is 18.2. The van der Waals surface area contributed by atoms with Gasteiger partial charge in [0, 0.05) is 23.2 Å². The summed E-state index contributed by atoms with van der Waals surface area (Å²) < 4.78 is 0. The minimum Gasteiger partial charge on any atom is -0.349 e. The Balaban J connectivity index is 1.63. The van der Waals surface area contributed by atoms with Gasteiger partial charge in [0.05, 0.1) is 0 Å². The van der Waals surface area contributed by atoms with Gasteiger partial charge in [-0.05, 0) is 49.9 Å². The van der Waals surface area contributed by atoms with E-state index in [2.05, 4.69) is 10.6 Å². The van der Waals surface area contributed by atoms with Crippen LogP contribution in [-0.2, 0) is 0 Å². The van der Waals surface area contributed by atoms with Crippen molar-refractivity contribution in [3.63, 3.8) is 0 Å². The lowest BCUT2D eigenvalue weighted by atomic mass is 10.1. The molecule has 2 fully saturated rings. The van der Waals surface area contributed by atoms with E-state index in [1.807, 2.05) is 0 Å². The smallest absolute Gasteiger partial charge is 0.251 e. The van der Waals surface area contributed by atoms with Crippen molar-refractivity contribution in [1.82, 2.24) is 10.6 Å². The van der Waals surface area contributed by atoms with Crippen LogP contribution in [0.4, 0.5) is 0 Å². The summed E-state index contributed by atoms with van der Waals surface area (Å²) in [5.41, 5.74) is 1.23. The molecule has 1 aromatic rings. The molecule has 0 unspecified atom stereocenters. The Kier molecular flexibility index (Phi) is 2.78. The first-order valence-corrected chi connectivity index (χ1v) is 6.44. The van der Waals surface area contributed by atoms with Crippen molar-refractivity contribution in [2.75, 3.05) is 0 Å². The molecule has 0 heterocycles. The second kappa shape index (κ2) is 4.44. The number of hydrogen-bond acceptors (Lipinski definition) is 2. The third kappa shape index (κ3) is 2.70. The Morgan fingerprint density at radius 3 is 1.39 bits per heavy atom. The van der Waals surface area contributed by atoms with E-state index in [1.54, 1.807) is 24.3 Å².